The molecule has 0 radical (unpaired) electrons. The molecule has 0 aliphatic rings. The lowest BCUT2D eigenvalue weighted by Gasteiger charge is -2.28. The number of nitrogens with one attached hydrogen (secondary N) is 1. The molecule has 3 heteroatoms. The lowest BCUT2D eigenvalue weighted by atomic mass is 9.92. The second-order valence-electron chi connectivity index (χ2n) is 6.23. The van der Waals surface area contributed by atoms with Gasteiger partial charge in [0, 0.05) is 13.0 Å². The van der Waals surface area contributed by atoms with Crippen LogP contribution < -0.4 is 5.32 Å². The van der Waals surface area contributed by atoms with Gasteiger partial charge in [-0.25, -0.2) is 0 Å². The van der Waals surface area contributed by atoms with Crippen molar-refractivity contribution in [1.82, 2.24) is 5.32 Å². The first-order chi connectivity index (χ1) is 7.65. The zero-order valence-corrected chi connectivity index (χ0v) is 12.2. The molecule has 0 spiro atoms. The molecular weight excluding hydrogens is 214 g/mol. The van der Waals surface area contributed by atoms with E-state index in [2.05, 4.69) is 26.1 Å². The molecule has 2 unspecified atom stereocenters. The van der Waals surface area contributed by atoms with Crippen LogP contribution in [0.3, 0.4) is 0 Å². The van der Waals surface area contributed by atoms with Crippen molar-refractivity contribution in [3.8, 4) is 0 Å². The van der Waals surface area contributed by atoms with Crippen molar-refractivity contribution < 1.29 is 9.90 Å². The fourth-order valence-corrected chi connectivity index (χ4v) is 1.76. The molecule has 0 heterocycles. The molecular formula is C14H29NO2. The lowest BCUT2D eigenvalue weighted by Crippen LogP contribution is -2.44. The third kappa shape index (κ3) is 7.37. The van der Waals surface area contributed by atoms with Gasteiger partial charge >= 0.3 is 0 Å². The minimum atomic E-state index is -0.822. The molecule has 102 valence electrons. The summed E-state index contributed by atoms with van der Waals surface area (Å²) < 4.78 is 0. The summed E-state index contributed by atoms with van der Waals surface area (Å²) in [5.41, 5.74) is -0.822. The zero-order valence-electron chi connectivity index (χ0n) is 12.2. The van der Waals surface area contributed by atoms with Gasteiger partial charge in [0.25, 0.3) is 0 Å². The fraction of sp³-hybridized carbons (Fsp3) is 0.929. The van der Waals surface area contributed by atoms with Crippen LogP contribution in [0.4, 0.5) is 0 Å². The Morgan fingerprint density at radius 2 is 1.76 bits per heavy atom. The van der Waals surface area contributed by atoms with Gasteiger partial charge in [0.1, 0.15) is 0 Å². The average molecular weight is 243 g/mol. The molecule has 0 saturated heterocycles. The van der Waals surface area contributed by atoms with Crippen LogP contribution in [-0.4, -0.2) is 23.2 Å². The Kier molecular flexibility index (Phi) is 6.76. The summed E-state index contributed by atoms with van der Waals surface area (Å²) in [6, 6.07) is 0. The second-order valence-corrected chi connectivity index (χ2v) is 6.23. The van der Waals surface area contributed by atoms with Gasteiger partial charge in [0.05, 0.1) is 5.60 Å². The van der Waals surface area contributed by atoms with E-state index in [0.717, 1.165) is 6.42 Å². The highest BCUT2D eigenvalue weighted by molar-refractivity contribution is 5.76. The third-order valence-electron chi connectivity index (χ3n) is 3.29. The van der Waals surface area contributed by atoms with Crippen LogP contribution in [0.25, 0.3) is 0 Å². The number of aliphatic hydroxyl groups is 1. The Labute approximate surface area is 106 Å². The lowest BCUT2D eigenvalue weighted by molar-refractivity contribution is -0.123. The Morgan fingerprint density at radius 1 is 1.24 bits per heavy atom. The molecule has 0 rings (SSSR count). The first-order valence-corrected chi connectivity index (χ1v) is 6.64. The predicted molar refractivity (Wildman–Crippen MR) is 71.7 cm³/mol. The molecule has 1 amide bonds. The first-order valence-electron chi connectivity index (χ1n) is 6.64. The van der Waals surface area contributed by atoms with E-state index >= 15 is 0 Å². The van der Waals surface area contributed by atoms with E-state index < -0.39 is 5.60 Å². The van der Waals surface area contributed by atoms with Crippen LogP contribution >= 0.6 is 0 Å². The normalized spacial score (nSPS) is 17.0. The molecule has 0 aromatic carbocycles. The highest BCUT2D eigenvalue weighted by atomic mass is 16.3. The summed E-state index contributed by atoms with van der Waals surface area (Å²) in [5.74, 6) is 1.20. The van der Waals surface area contributed by atoms with Gasteiger partial charge < -0.3 is 10.4 Å². The van der Waals surface area contributed by atoms with Crippen LogP contribution in [0.1, 0.15) is 54.4 Å². The molecule has 0 saturated carbocycles. The van der Waals surface area contributed by atoms with Gasteiger partial charge in [-0.15, -0.1) is 0 Å². The molecule has 0 aliphatic heterocycles. The van der Waals surface area contributed by atoms with Crippen molar-refractivity contribution in [1.29, 1.82) is 0 Å². The van der Waals surface area contributed by atoms with Crippen molar-refractivity contribution in [2.75, 3.05) is 6.54 Å². The van der Waals surface area contributed by atoms with Gasteiger partial charge in [-0.05, 0) is 31.1 Å². The number of hydrogen-bond acceptors (Lipinski definition) is 2. The molecule has 17 heavy (non-hydrogen) atoms. The summed E-state index contributed by atoms with van der Waals surface area (Å²) in [6.45, 7) is 12.4. The number of carbonyl (C=O) groups is 1. The maximum Gasteiger partial charge on any atom is 0.220 e. The summed E-state index contributed by atoms with van der Waals surface area (Å²) in [5, 5.41) is 12.8. The standard InChI is InChI=1S/C14H29NO2/c1-10(2)7-12(5)8-13(16)15-9-14(6,17)11(3)4/h10-12,17H,7-9H2,1-6H3,(H,15,16). The largest absolute Gasteiger partial charge is 0.388 e. The molecule has 2 N–H and O–H groups in total. The molecule has 0 bridgehead atoms. The number of rotatable bonds is 7. The first kappa shape index (κ1) is 16.4. The highest BCUT2D eigenvalue weighted by Gasteiger charge is 2.25. The van der Waals surface area contributed by atoms with Gasteiger partial charge in [0.2, 0.25) is 5.91 Å². The number of amides is 1. The van der Waals surface area contributed by atoms with E-state index in [1.807, 2.05) is 13.8 Å². The molecule has 3 nitrogen and oxygen atoms in total. The molecule has 0 aromatic heterocycles. The van der Waals surface area contributed by atoms with Crippen LogP contribution in [0.5, 0.6) is 0 Å². The molecule has 0 fully saturated rings. The Bertz CT molecular complexity index is 234. The van der Waals surface area contributed by atoms with Crippen LogP contribution in [0.2, 0.25) is 0 Å². The highest BCUT2D eigenvalue weighted by Crippen LogP contribution is 2.16. The van der Waals surface area contributed by atoms with Crippen LogP contribution in [0.15, 0.2) is 0 Å². The Balaban J connectivity index is 3.95. The van der Waals surface area contributed by atoms with E-state index in [1.54, 1.807) is 6.92 Å². The van der Waals surface area contributed by atoms with Crippen LogP contribution in [0, 0.1) is 17.8 Å². The van der Waals surface area contributed by atoms with Gasteiger partial charge in [0.15, 0.2) is 0 Å². The third-order valence-corrected chi connectivity index (χ3v) is 3.29. The Morgan fingerprint density at radius 3 is 2.18 bits per heavy atom. The Hall–Kier alpha value is -0.570. The summed E-state index contributed by atoms with van der Waals surface area (Å²) in [6.07, 6.45) is 1.61. The maximum atomic E-state index is 11.7. The molecule has 2 atom stereocenters. The van der Waals surface area contributed by atoms with E-state index in [9.17, 15) is 9.90 Å². The van der Waals surface area contributed by atoms with Gasteiger partial charge in [-0.3, -0.25) is 4.79 Å². The SMILES string of the molecule is CC(C)CC(C)CC(=O)NCC(C)(O)C(C)C. The predicted octanol–water partition coefficient (Wildman–Crippen LogP) is 2.58. The zero-order chi connectivity index (χ0) is 13.6. The quantitative estimate of drug-likeness (QED) is 0.722. The molecule has 0 aliphatic carbocycles. The average Bonchev–Trinajstić information content (AvgIpc) is 2.13. The maximum absolute atomic E-state index is 11.7. The molecule has 0 aromatic rings. The second kappa shape index (κ2) is 7.00. The fourth-order valence-electron chi connectivity index (χ4n) is 1.76. The van der Waals surface area contributed by atoms with Gasteiger partial charge in [-0.2, -0.15) is 0 Å². The topological polar surface area (TPSA) is 49.3 Å². The van der Waals surface area contributed by atoms with E-state index in [-0.39, 0.29) is 11.8 Å². The smallest absolute Gasteiger partial charge is 0.220 e. The van der Waals surface area contributed by atoms with Crippen molar-refractivity contribution in [3.05, 3.63) is 0 Å². The van der Waals surface area contributed by atoms with Crippen molar-refractivity contribution in [2.24, 2.45) is 17.8 Å². The summed E-state index contributed by atoms with van der Waals surface area (Å²) in [4.78, 5) is 11.7. The van der Waals surface area contributed by atoms with E-state index in [4.69, 9.17) is 0 Å². The van der Waals surface area contributed by atoms with E-state index in [0.29, 0.717) is 24.8 Å². The number of hydrogen-bond donors (Lipinski definition) is 2. The monoisotopic (exact) mass is 243 g/mol. The summed E-state index contributed by atoms with van der Waals surface area (Å²) in [7, 11) is 0. The van der Waals surface area contributed by atoms with Crippen molar-refractivity contribution in [2.45, 2.75) is 60.0 Å². The summed E-state index contributed by atoms with van der Waals surface area (Å²) >= 11 is 0. The van der Waals surface area contributed by atoms with E-state index in [1.165, 1.54) is 0 Å². The van der Waals surface area contributed by atoms with Crippen LogP contribution in [-0.2, 0) is 4.79 Å². The van der Waals surface area contributed by atoms with Crippen molar-refractivity contribution >= 4 is 5.91 Å². The minimum absolute atomic E-state index is 0.0408. The van der Waals surface area contributed by atoms with Crippen molar-refractivity contribution in [3.63, 3.8) is 0 Å². The van der Waals surface area contributed by atoms with Gasteiger partial charge in [-0.1, -0.05) is 34.6 Å². The minimum Gasteiger partial charge on any atom is -0.388 e. The number of carbonyl (C=O) groups excluding carboxylic acids is 1.